The Morgan fingerprint density at radius 1 is 1.46 bits per heavy atom. The second-order valence-electron chi connectivity index (χ2n) is 3.96. The van der Waals surface area contributed by atoms with E-state index in [0.29, 0.717) is 5.92 Å². The van der Waals surface area contributed by atoms with Crippen LogP contribution in [0.3, 0.4) is 0 Å². The van der Waals surface area contributed by atoms with Crippen LogP contribution in [0.5, 0.6) is 0 Å². The van der Waals surface area contributed by atoms with Gasteiger partial charge in [-0.1, -0.05) is 18.8 Å². The monoisotopic (exact) mass is 178 g/mol. The molecule has 0 spiro atoms. The average Bonchev–Trinajstić information content (AvgIpc) is 2.92. The van der Waals surface area contributed by atoms with Gasteiger partial charge in [0.25, 0.3) is 0 Å². The Balaban J connectivity index is 1.92. The van der Waals surface area contributed by atoms with Crippen molar-refractivity contribution in [1.29, 1.82) is 0 Å². The molecule has 0 radical (unpaired) electrons. The SMILES string of the molecule is COC(=O)C#CC1CCCC2CC12. The molecule has 0 saturated heterocycles. The molecular weight excluding hydrogens is 164 g/mol. The summed E-state index contributed by atoms with van der Waals surface area (Å²) in [4.78, 5) is 10.8. The van der Waals surface area contributed by atoms with Crippen LogP contribution >= 0.6 is 0 Å². The number of fused-ring (bicyclic) bond motifs is 1. The van der Waals surface area contributed by atoms with Gasteiger partial charge in [-0.25, -0.2) is 4.79 Å². The van der Waals surface area contributed by atoms with Gasteiger partial charge >= 0.3 is 5.97 Å². The van der Waals surface area contributed by atoms with Gasteiger partial charge in [0.05, 0.1) is 7.11 Å². The van der Waals surface area contributed by atoms with Crippen LogP contribution in [0.25, 0.3) is 0 Å². The molecule has 0 N–H and O–H groups in total. The summed E-state index contributed by atoms with van der Waals surface area (Å²) < 4.78 is 4.48. The van der Waals surface area contributed by atoms with Crippen LogP contribution in [0, 0.1) is 29.6 Å². The largest absolute Gasteiger partial charge is 0.459 e. The quantitative estimate of drug-likeness (QED) is 0.320. The number of hydrogen-bond acceptors (Lipinski definition) is 2. The van der Waals surface area contributed by atoms with Crippen molar-refractivity contribution in [1.82, 2.24) is 0 Å². The maximum absolute atomic E-state index is 10.8. The minimum absolute atomic E-state index is 0.400. The molecule has 2 rings (SSSR count). The Morgan fingerprint density at radius 3 is 3.08 bits per heavy atom. The van der Waals surface area contributed by atoms with Crippen LogP contribution in [-0.2, 0) is 9.53 Å². The summed E-state index contributed by atoms with van der Waals surface area (Å²) in [7, 11) is 1.37. The summed E-state index contributed by atoms with van der Waals surface area (Å²) in [5.74, 6) is 7.38. The van der Waals surface area contributed by atoms with E-state index in [0.717, 1.165) is 11.8 Å². The number of carbonyl (C=O) groups is 1. The zero-order valence-electron chi connectivity index (χ0n) is 7.88. The zero-order chi connectivity index (χ0) is 9.26. The van der Waals surface area contributed by atoms with E-state index in [1.165, 1.54) is 32.8 Å². The Kier molecular flexibility index (Phi) is 2.26. The zero-order valence-corrected chi connectivity index (χ0v) is 7.88. The molecule has 0 aromatic heterocycles. The normalized spacial score (nSPS) is 35.3. The third-order valence-electron chi connectivity index (χ3n) is 3.13. The first-order valence-electron chi connectivity index (χ1n) is 4.90. The number of ether oxygens (including phenoxy) is 1. The molecule has 2 aliphatic carbocycles. The van der Waals surface area contributed by atoms with Crippen LogP contribution in [0.15, 0.2) is 0 Å². The molecule has 0 aromatic rings. The van der Waals surface area contributed by atoms with E-state index in [4.69, 9.17) is 0 Å². The summed E-state index contributed by atoms with van der Waals surface area (Å²) >= 11 is 0. The van der Waals surface area contributed by atoms with Gasteiger partial charge in [-0.15, -0.1) is 0 Å². The molecule has 2 saturated carbocycles. The number of hydrogen-bond donors (Lipinski definition) is 0. The van der Waals surface area contributed by atoms with Gasteiger partial charge in [-0.05, 0) is 24.7 Å². The molecule has 0 amide bonds. The van der Waals surface area contributed by atoms with Crippen molar-refractivity contribution >= 4 is 5.97 Å². The second-order valence-corrected chi connectivity index (χ2v) is 3.96. The molecule has 0 aliphatic heterocycles. The number of esters is 1. The Labute approximate surface area is 78.7 Å². The summed E-state index contributed by atoms with van der Waals surface area (Å²) in [6.07, 6.45) is 5.16. The molecule has 2 fully saturated rings. The number of carbonyl (C=O) groups excluding carboxylic acids is 1. The third kappa shape index (κ3) is 1.85. The van der Waals surface area contributed by atoms with Crippen LogP contribution < -0.4 is 0 Å². The van der Waals surface area contributed by atoms with Crippen LogP contribution in [-0.4, -0.2) is 13.1 Å². The van der Waals surface area contributed by atoms with Gasteiger partial charge < -0.3 is 4.74 Å². The first-order chi connectivity index (χ1) is 6.31. The minimum atomic E-state index is -0.400. The fourth-order valence-electron chi connectivity index (χ4n) is 2.29. The number of rotatable bonds is 0. The maximum Gasteiger partial charge on any atom is 0.384 e. The Bertz CT molecular complexity index is 272. The van der Waals surface area contributed by atoms with E-state index in [1.54, 1.807) is 0 Å². The molecular formula is C11H14O2. The Hall–Kier alpha value is -0.970. The van der Waals surface area contributed by atoms with E-state index >= 15 is 0 Å². The molecule has 70 valence electrons. The first-order valence-corrected chi connectivity index (χ1v) is 4.90. The lowest BCUT2D eigenvalue weighted by atomic mass is 9.90. The molecule has 2 heteroatoms. The van der Waals surface area contributed by atoms with Gasteiger partial charge in [-0.3, -0.25) is 0 Å². The van der Waals surface area contributed by atoms with Crippen molar-refractivity contribution < 1.29 is 9.53 Å². The average molecular weight is 178 g/mol. The van der Waals surface area contributed by atoms with Gasteiger partial charge in [0.1, 0.15) is 0 Å². The van der Waals surface area contributed by atoms with Crippen molar-refractivity contribution in [2.45, 2.75) is 25.7 Å². The molecule has 0 heterocycles. The van der Waals surface area contributed by atoms with E-state index in [1.807, 2.05) is 0 Å². The summed E-state index contributed by atoms with van der Waals surface area (Å²) in [6.45, 7) is 0. The van der Waals surface area contributed by atoms with E-state index in [2.05, 4.69) is 16.6 Å². The van der Waals surface area contributed by atoms with Gasteiger partial charge in [-0.2, -0.15) is 0 Å². The molecule has 2 aliphatic rings. The Morgan fingerprint density at radius 2 is 2.31 bits per heavy atom. The van der Waals surface area contributed by atoms with E-state index in [-0.39, 0.29) is 0 Å². The molecule has 2 nitrogen and oxygen atoms in total. The van der Waals surface area contributed by atoms with Crippen LogP contribution in [0.4, 0.5) is 0 Å². The fraction of sp³-hybridized carbons (Fsp3) is 0.727. The van der Waals surface area contributed by atoms with E-state index < -0.39 is 5.97 Å². The highest BCUT2D eigenvalue weighted by atomic mass is 16.5. The highest BCUT2D eigenvalue weighted by Gasteiger charge is 2.44. The van der Waals surface area contributed by atoms with Gasteiger partial charge in [0.15, 0.2) is 0 Å². The lowest BCUT2D eigenvalue weighted by molar-refractivity contribution is -0.133. The predicted octanol–water partition coefficient (Wildman–Crippen LogP) is 1.60. The molecule has 3 unspecified atom stereocenters. The standard InChI is InChI=1S/C11H14O2/c1-13-11(12)6-5-8-3-2-4-9-7-10(8)9/h8-10H,2-4,7H2,1H3. The van der Waals surface area contributed by atoms with Crippen molar-refractivity contribution in [2.24, 2.45) is 17.8 Å². The maximum atomic E-state index is 10.8. The molecule has 0 bridgehead atoms. The fourth-order valence-corrected chi connectivity index (χ4v) is 2.29. The van der Waals surface area contributed by atoms with Crippen molar-refractivity contribution in [3.63, 3.8) is 0 Å². The first kappa shape index (κ1) is 8.62. The van der Waals surface area contributed by atoms with Crippen LogP contribution in [0.2, 0.25) is 0 Å². The predicted molar refractivity (Wildman–Crippen MR) is 48.7 cm³/mol. The van der Waals surface area contributed by atoms with E-state index in [9.17, 15) is 4.79 Å². The third-order valence-corrected chi connectivity index (χ3v) is 3.13. The van der Waals surface area contributed by atoms with Crippen molar-refractivity contribution in [3.8, 4) is 11.8 Å². The van der Waals surface area contributed by atoms with Crippen LogP contribution in [0.1, 0.15) is 25.7 Å². The van der Waals surface area contributed by atoms with Gasteiger partial charge in [0, 0.05) is 11.8 Å². The second kappa shape index (κ2) is 3.41. The summed E-state index contributed by atoms with van der Waals surface area (Å²) in [6, 6.07) is 0. The molecule has 3 atom stereocenters. The lowest BCUT2D eigenvalue weighted by Crippen LogP contribution is -2.08. The molecule has 13 heavy (non-hydrogen) atoms. The smallest absolute Gasteiger partial charge is 0.384 e. The molecule has 0 aromatic carbocycles. The highest BCUT2D eigenvalue weighted by molar-refractivity contribution is 5.88. The summed E-state index contributed by atoms with van der Waals surface area (Å²) in [5, 5.41) is 0. The topological polar surface area (TPSA) is 26.3 Å². The van der Waals surface area contributed by atoms with Gasteiger partial charge in [0.2, 0.25) is 0 Å². The summed E-state index contributed by atoms with van der Waals surface area (Å²) in [5.41, 5.74) is 0. The van der Waals surface area contributed by atoms with Crippen molar-refractivity contribution in [3.05, 3.63) is 0 Å². The van der Waals surface area contributed by atoms with Crippen molar-refractivity contribution in [2.75, 3.05) is 7.11 Å². The highest BCUT2D eigenvalue weighted by Crippen LogP contribution is 2.52. The number of methoxy groups -OCH3 is 1. The minimum Gasteiger partial charge on any atom is -0.459 e. The lowest BCUT2D eigenvalue weighted by Gasteiger charge is -2.14.